The van der Waals surface area contributed by atoms with Gasteiger partial charge >= 0.3 is 5.97 Å². The number of benzene rings is 2. The molecule has 4 heteroatoms. The summed E-state index contributed by atoms with van der Waals surface area (Å²) in [4.78, 5) is 22.8. The minimum Gasteiger partial charge on any atom is -0.480 e. The summed E-state index contributed by atoms with van der Waals surface area (Å²) < 4.78 is 0. The lowest BCUT2D eigenvalue weighted by Crippen LogP contribution is -2.12. The molecule has 2 aromatic rings. The van der Waals surface area contributed by atoms with Crippen molar-refractivity contribution in [2.75, 3.05) is 11.9 Å². The van der Waals surface area contributed by atoms with E-state index in [4.69, 9.17) is 5.11 Å². The van der Waals surface area contributed by atoms with Crippen LogP contribution in [0.3, 0.4) is 0 Å². The van der Waals surface area contributed by atoms with E-state index in [0.717, 1.165) is 11.1 Å². The van der Waals surface area contributed by atoms with Crippen LogP contribution >= 0.6 is 0 Å². The SMILES string of the molecule is O=C(O)CNc1ccc2c(c1)C(=O)c1ccccc1-2. The van der Waals surface area contributed by atoms with Crippen LogP contribution in [0.25, 0.3) is 11.1 Å². The number of fused-ring (bicyclic) bond motifs is 3. The third kappa shape index (κ3) is 1.87. The molecule has 0 saturated carbocycles. The highest BCUT2D eigenvalue weighted by molar-refractivity contribution is 6.22. The van der Waals surface area contributed by atoms with Crippen molar-refractivity contribution in [1.82, 2.24) is 0 Å². The Morgan fingerprint density at radius 1 is 1.00 bits per heavy atom. The largest absolute Gasteiger partial charge is 0.480 e. The first-order valence-electron chi connectivity index (χ1n) is 5.90. The van der Waals surface area contributed by atoms with Gasteiger partial charge < -0.3 is 10.4 Å². The average molecular weight is 253 g/mol. The first-order chi connectivity index (χ1) is 9.16. The molecule has 1 aliphatic carbocycles. The third-order valence-corrected chi connectivity index (χ3v) is 3.17. The number of carboxylic acids is 1. The molecule has 0 aliphatic heterocycles. The number of carbonyl (C=O) groups excluding carboxylic acids is 1. The zero-order valence-electron chi connectivity index (χ0n) is 10.0. The molecule has 0 radical (unpaired) electrons. The molecule has 0 fully saturated rings. The fraction of sp³-hybridized carbons (Fsp3) is 0.0667. The minimum absolute atomic E-state index is 0.00965. The highest BCUT2D eigenvalue weighted by Crippen LogP contribution is 2.37. The van der Waals surface area contributed by atoms with E-state index in [1.165, 1.54) is 0 Å². The zero-order valence-corrected chi connectivity index (χ0v) is 10.0. The lowest BCUT2D eigenvalue weighted by atomic mass is 10.1. The van der Waals surface area contributed by atoms with Crippen molar-refractivity contribution in [2.24, 2.45) is 0 Å². The van der Waals surface area contributed by atoms with Gasteiger partial charge in [0.05, 0.1) is 0 Å². The van der Waals surface area contributed by atoms with Crippen LogP contribution in [0.1, 0.15) is 15.9 Å². The Bertz CT molecular complexity index is 692. The van der Waals surface area contributed by atoms with Gasteiger partial charge in [0.25, 0.3) is 0 Å². The van der Waals surface area contributed by atoms with Crippen molar-refractivity contribution in [3.8, 4) is 11.1 Å². The van der Waals surface area contributed by atoms with Crippen molar-refractivity contribution in [3.63, 3.8) is 0 Å². The molecule has 0 heterocycles. The van der Waals surface area contributed by atoms with Crippen molar-refractivity contribution >= 4 is 17.4 Å². The highest BCUT2D eigenvalue weighted by atomic mass is 16.4. The summed E-state index contributed by atoms with van der Waals surface area (Å²) in [5.74, 6) is -0.945. The molecule has 0 bridgehead atoms. The van der Waals surface area contributed by atoms with Gasteiger partial charge in [-0.25, -0.2) is 0 Å². The Morgan fingerprint density at radius 2 is 1.68 bits per heavy atom. The Labute approximate surface area is 109 Å². The first kappa shape index (κ1) is 11.5. The number of ketones is 1. The number of aliphatic carboxylic acids is 1. The van der Waals surface area contributed by atoms with Gasteiger partial charge in [-0.15, -0.1) is 0 Å². The van der Waals surface area contributed by atoms with Gasteiger partial charge in [0.1, 0.15) is 6.54 Å². The Hall–Kier alpha value is -2.62. The smallest absolute Gasteiger partial charge is 0.322 e. The van der Waals surface area contributed by atoms with E-state index in [-0.39, 0.29) is 12.3 Å². The number of nitrogens with one attached hydrogen (secondary N) is 1. The van der Waals surface area contributed by atoms with E-state index in [9.17, 15) is 9.59 Å². The predicted molar refractivity (Wildman–Crippen MR) is 71.4 cm³/mol. The van der Waals surface area contributed by atoms with Crippen LogP contribution in [0.5, 0.6) is 0 Å². The normalized spacial score (nSPS) is 11.9. The average Bonchev–Trinajstić information content (AvgIpc) is 2.71. The zero-order chi connectivity index (χ0) is 13.4. The van der Waals surface area contributed by atoms with Crippen LogP contribution in [0, 0.1) is 0 Å². The summed E-state index contributed by atoms with van der Waals surface area (Å²) in [5, 5.41) is 11.4. The first-order valence-corrected chi connectivity index (χ1v) is 5.90. The summed E-state index contributed by atoms with van der Waals surface area (Å²) in [6, 6.07) is 12.8. The van der Waals surface area contributed by atoms with Gasteiger partial charge in [-0.2, -0.15) is 0 Å². The van der Waals surface area contributed by atoms with Gasteiger partial charge in [0.15, 0.2) is 5.78 Å². The summed E-state index contributed by atoms with van der Waals surface area (Å²) in [7, 11) is 0. The molecule has 2 N–H and O–H groups in total. The van der Waals surface area contributed by atoms with E-state index in [2.05, 4.69) is 5.32 Å². The fourth-order valence-corrected chi connectivity index (χ4v) is 2.32. The Kier molecular flexibility index (Phi) is 2.56. The molecule has 1 aliphatic rings. The predicted octanol–water partition coefficient (Wildman–Crippen LogP) is 2.39. The number of rotatable bonds is 3. The molecule has 19 heavy (non-hydrogen) atoms. The standard InChI is InChI=1S/C15H11NO3/c17-14(18)8-16-9-5-6-11-10-3-1-2-4-12(10)15(19)13(11)7-9/h1-7,16H,8H2,(H,17,18). The number of hydrogen-bond donors (Lipinski definition) is 2. The van der Waals surface area contributed by atoms with Gasteiger partial charge in [-0.3, -0.25) is 9.59 Å². The molecule has 94 valence electrons. The minimum atomic E-state index is -0.935. The van der Waals surface area contributed by atoms with Gasteiger partial charge in [0, 0.05) is 16.8 Å². The number of anilines is 1. The lowest BCUT2D eigenvalue weighted by molar-refractivity contribution is -0.134. The summed E-state index contributed by atoms with van der Waals surface area (Å²) in [6.45, 7) is -0.167. The van der Waals surface area contributed by atoms with Crippen molar-refractivity contribution in [1.29, 1.82) is 0 Å². The van der Waals surface area contributed by atoms with Crippen LogP contribution < -0.4 is 5.32 Å². The number of carboxylic acid groups (broad SMARTS) is 1. The van der Waals surface area contributed by atoms with Crippen molar-refractivity contribution in [2.45, 2.75) is 0 Å². The van der Waals surface area contributed by atoms with E-state index < -0.39 is 5.97 Å². The molecular weight excluding hydrogens is 242 g/mol. The highest BCUT2D eigenvalue weighted by Gasteiger charge is 2.26. The van der Waals surface area contributed by atoms with Crippen LogP contribution in [-0.4, -0.2) is 23.4 Å². The topological polar surface area (TPSA) is 66.4 Å². The molecule has 0 unspecified atom stereocenters. The summed E-state index contributed by atoms with van der Waals surface area (Å²) in [6.07, 6.45) is 0. The Balaban J connectivity index is 2.00. The number of carbonyl (C=O) groups is 2. The molecule has 0 aromatic heterocycles. The fourth-order valence-electron chi connectivity index (χ4n) is 2.32. The van der Waals surface area contributed by atoms with Gasteiger partial charge in [-0.1, -0.05) is 30.3 Å². The molecule has 0 atom stereocenters. The van der Waals surface area contributed by atoms with E-state index >= 15 is 0 Å². The maximum absolute atomic E-state index is 12.2. The molecule has 0 spiro atoms. The molecule has 0 saturated heterocycles. The maximum Gasteiger partial charge on any atom is 0.322 e. The molecule has 4 nitrogen and oxygen atoms in total. The summed E-state index contributed by atoms with van der Waals surface area (Å²) >= 11 is 0. The van der Waals surface area contributed by atoms with E-state index in [1.807, 2.05) is 30.3 Å². The molecule has 2 aromatic carbocycles. The second kappa shape index (κ2) is 4.24. The second-order valence-corrected chi connectivity index (χ2v) is 4.38. The Morgan fingerprint density at radius 3 is 2.42 bits per heavy atom. The van der Waals surface area contributed by atoms with Crippen LogP contribution in [-0.2, 0) is 4.79 Å². The van der Waals surface area contributed by atoms with Crippen molar-refractivity contribution in [3.05, 3.63) is 53.6 Å². The van der Waals surface area contributed by atoms with Crippen molar-refractivity contribution < 1.29 is 14.7 Å². The monoisotopic (exact) mass is 253 g/mol. The third-order valence-electron chi connectivity index (χ3n) is 3.17. The van der Waals surface area contributed by atoms with Crippen LogP contribution in [0.15, 0.2) is 42.5 Å². The quantitative estimate of drug-likeness (QED) is 0.752. The second-order valence-electron chi connectivity index (χ2n) is 4.38. The van der Waals surface area contributed by atoms with Crippen LogP contribution in [0.4, 0.5) is 5.69 Å². The van der Waals surface area contributed by atoms with E-state index in [1.54, 1.807) is 12.1 Å². The molecular formula is C15H11NO3. The lowest BCUT2D eigenvalue weighted by Gasteiger charge is -2.05. The van der Waals surface area contributed by atoms with Crippen LogP contribution in [0.2, 0.25) is 0 Å². The van der Waals surface area contributed by atoms with Gasteiger partial charge in [-0.05, 0) is 23.3 Å². The summed E-state index contributed by atoms with van der Waals surface area (Å²) in [5.41, 5.74) is 3.81. The molecule has 0 amide bonds. The molecule has 3 rings (SSSR count). The van der Waals surface area contributed by atoms with Gasteiger partial charge in [0.2, 0.25) is 0 Å². The maximum atomic E-state index is 12.2. The van der Waals surface area contributed by atoms with E-state index in [0.29, 0.717) is 16.8 Å². The number of hydrogen-bond acceptors (Lipinski definition) is 3.